The number of methoxy groups -OCH3 is 1. The highest BCUT2D eigenvalue weighted by atomic mass is 79.9. The summed E-state index contributed by atoms with van der Waals surface area (Å²) < 4.78 is 35.3. The monoisotopic (exact) mass is 363 g/mol. The van der Waals surface area contributed by atoms with Crippen LogP contribution in [0.5, 0.6) is 11.5 Å². The van der Waals surface area contributed by atoms with E-state index in [2.05, 4.69) is 26.0 Å². The first kappa shape index (κ1) is 15.1. The first-order valence-corrected chi connectivity index (χ1v) is 7.36. The van der Waals surface area contributed by atoms with Gasteiger partial charge >= 0.3 is 6.61 Å². The standard InChI is InChI=1S/C13H12BrF2NO2S/c1-18-8-2-3-11(19-13(15)16)10(6-8)17-7-12-9(14)4-5-20-12/h2-6,13,17H,7H2,1H3. The molecule has 0 aliphatic rings. The van der Waals surface area contributed by atoms with Crippen molar-refractivity contribution in [2.24, 2.45) is 0 Å². The molecular formula is C13H12BrF2NO2S. The van der Waals surface area contributed by atoms with Crippen LogP contribution in [0.25, 0.3) is 0 Å². The van der Waals surface area contributed by atoms with Gasteiger partial charge < -0.3 is 14.8 Å². The number of rotatable bonds is 6. The van der Waals surface area contributed by atoms with Gasteiger partial charge in [0.2, 0.25) is 0 Å². The summed E-state index contributed by atoms with van der Waals surface area (Å²) in [6.45, 7) is -2.36. The number of hydrogen-bond acceptors (Lipinski definition) is 4. The Morgan fingerprint density at radius 2 is 2.15 bits per heavy atom. The molecule has 0 bridgehead atoms. The van der Waals surface area contributed by atoms with Gasteiger partial charge in [-0.3, -0.25) is 0 Å². The maximum absolute atomic E-state index is 12.4. The molecule has 1 N–H and O–H groups in total. The number of nitrogens with one attached hydrogen (secondary N) is 1. The number of thiophene rings is 1. The van der Waals surface area contributed by atoms with Crippen molar-refractivity contribution in [3.8, 4) is 11.5 Å². The van der Waals surface area contributed by atoms with Crippen molar-refractivity contribution in [1.82, 2.24) is 0 Å². The first-order valence-electron chi connectivity index (χ1n) is 5.68. The quantitative estimate of drug-likeness (QED) is 0.804. The molecule has 0 aliphatic carbocycles. The van der Waals surface area contributed by atoms with Crippen LogP contribution in [-0.4, -0.2) is 13.7 Å². The molecular weight excluding hydrogens is 352 g/mol. The fraction of sp³-hybridized carbons (Fsp3) is 0.231. The zero-order chi connectivity index (χ0) is 14.5. The third kappa shape index (κ3) is 3.83. The number of ether oxygens (including phenoxy) is 2. The van der Waals surface area contributed by atoms with Crippen LogP contribution in [-0.2, 0) is 6.54 Å². The Morgan fingerprint density at radius 3 is 2.75 bits per heavy atom. The van der Waals surface area contributed by atoms with Gasteiger partial charge in [-0.2, -0.15) is 8.78 Å². The molecule has 0 saturated heterocycles. The summed E-state index contributed by atoms with van der Waals surface area (Å²) in [5, 5.41) is 5.03. The van der Waals surface area contributed by atoms with Gasteiger partial charge in [-0.1, -0.05) is 0 Å². The summed E-state index contributed by atoms with van der Waals surface area (Å²) >= 11 is 4.99. The summed E-state index contributed by atoms with van der Waals surface area (Å²) in [5.74, 6) is 0.660. The van der Waals surface area contributed by atoms with Crippen LogP contribution >= 0.6 is 27.3 Å². The van der Waals surface area contributed by atoms with Crippen molar-refractivity contribution >= 4 is 33.0 Å². The zero-order valence-corrected chi connectivity index (χ0v) is 12.9. The summed E-state index contributed by atoms with van der Waals surface area (Å²) in [4.78, 5) is 1.07. The predicted molar refractivity (Wildman–Crippen MR) is 79.0 cm³/mol. The van der Waals surface area contributed by atoms with E-state index < -0.39 is 6.61 Å². The highest BCUT2D eigenvalue weighted by molar-refractivity contribution is 9.10. The molecule has 3 nitrogen and oxygen atoms in total. The molecule has 20 heavy (non-hydrogen) atoms. The average molecular weight is 364 g/mol. The molecule has 108 valence electrons. The van der Waals surface area contributed by atoms with E-state index in [-0.39, 0.29) is 5.75 Å². The van der Waals surface area contributed by atoms with Crippen LogP contribution < -0.4 is 14.8 Å². The molecule has 0 unspecified atom stereocenters. The summed E-state index contributed by atoms with van der Waals surface area (Å²) in [5.41, 5.74) is 0.463. The largest absolute Gasteiger partial charge is 0.497 e. The lowest BCUT2D eigenvalue weighted by molar-refractivity contribution is -0.0493. The molecule has 1 aromatic heterocycles. The molecule has 0 amide bonds. The fourth-order valence-corrected chi connectivity index (χ4v) is 3.03. The van der Waals surface area contributed by atoms with E-state index in [1.165, 1.54) is 13.2 Å². The molecule has 2 aromatic rings. The molecule has 0 radical (unpaired) electrons. The van der Waals surface area contributed by atoms with Gasteiger partial charge in [0, 0.05) is 15.4 Å². The van der Waals surface area contributed by atoms with Crippen molar-refractivity contribution in [2.75, 3.05) is 12.4 Å². The lowest BCUT2D eigenvalue weighted by Gasteiger charge is -2.13. The number of alkyl halides is 2. The van der Waals surface area contributed by atoms with Crippen LogP contribution in [0, 0.1) is 0 Å². The molecule has 0 atom stereocenters. The lowest BCUT2D eigenvalue weighted by atomic mass is 10.2. The summed E-state index contributed by atoms with van der Waals surface area (Å²) in [7, 11) is 1.52. The van der Waals surface area contributed by atoms with E-state index in [9.17, 15) is 8.78 Å². The topological polar surface area (TPSA) is 30.5 Å². The van der Waals surface area contributed by atoms with E-state index in [4.69, 9.17) is 4.74 Å². The van der Waals surface area contributed by atoms with Crippen molar-refractivity contribution < 1.29 is 18.3 Å². The second kappa shape index (κ2) is 6.90. The van der Waals surface area contributed by atoms with Gasteiger partial charge in [-0.15, -0.1) is 11.3 Å². The smallest absolute Gasteiger partial charge is 0.387 e. The number of anilines is 1. The van der Waals surface area contributed by atoms with E-state index in [0.29, 0.717) is 18.0 Å². The minimum atomic E-state index is -2.86. The number of halogens is 3. The Kier molecular flexibility index (Phi) is 5.19. The zero-order valence-electron chi connectivity index (χ0n) is 10.5. The predicted octanol–water partition coefficient (Wildman–Crippen LogP) is 4.73. The van der Waals surface area contributed by atoms with Crippen molar-refractivity contribution in [2.45, 2.75) is 13.2 Å². The summed E-state index contributed by atoms with van der Waals surface area (Å²) in [6, 6.07) is 6.59. The van der Waals surface area contributed by atoms with Crippen LogP contribution in [0.2, 0.25) is 0 Å². The average Bonchev–Trinajstić information content (AvgIpc) is 2.82. The van der Waals surface area contributed by atoms with Crippen molar-refractivity contribution in [3.05, 3.63) is 39.0 Å². The van der Waals surface area contributed by atoms with E-state index >= 15 is 0 Å². The number of benzene rings is 1. The van der Waals surface area contributed by atoms with Gasteiger partial charge in [0.05, 0.1) is 19.3 Å². The lowest BCUT2D eigenvalue weighted by Crippen LogP contribution is -2.06. The van der Waals surface area contributed by atoms with Crippen LogP contribution in [0.4, 0.5) is 14.5 Å². The van der Waals surface area contributed by atoms with Gasteiger partial charge in [-0.05, 0) is 39.5 Å². The molecule has 0 spiro atoms. The van der Waals surface area contributed by atoms with Gasteiger partial charge in [-0.25, -0.2) is 0 Å². The maximum atomic E-state index is 12.4. The van der Waals surface area contributed by atoms with Gasteiger partial charge in [0.15, 0.2) is 0 Å². The molecule has 1 heterocycles. The Morgan fingerprint density at radius 1 is 1.35 bits per heavy atom. The normalized spacial score (nSPS) is 10.7. The number of hydrogen-bond donors (Lipinski definition) is 1. The Bertz CT molecular complexity index is 577. The highest BCUT2D eigenvalue weighted by Crippen LogP contribution is 2.32. The Labute approximate surface area is 127 Å². The third-order valence-corrected chi connectivity index (χ3v) is 4.46. The van der Waals surface area contributed by atoms with Gasteiger partial charge in [0.25, 0.3) is 0 Å². The molecule has 1 aromatic carbocycles. The molecule has 0 saturated carbocycles. The maximum Gasteiger partial charge on any atom is 0.387 e. The minimum absolute atomic E-state index is 0.0912. The second-order valence-electron chi connectivity index (χ2n) is 3.79. The molecule has 0 aliphatic heterocycles. The van der Waals surface area contributed by atoms with Crippen molar-refractivity contribution in [3.63, 3.8) is 0 Å². The Hall–Kier alpha value is -1.34. The summed E-state index contributed by atoms with van der Waals surface area (Å²) in [6.07, 6.45) is 0. The van der Waals surface area contributed by atoms with E-state index in [1.54, 1.807) is 23.5 Å². The third-order valence-electron chi connectivity index (χ3n) is 2.53. The van der Waals surface area contributed by atoms with E-state index in [0.717, 1.165) is 9.35 Å². The van der Waals surface area contributed by atoms with Crippen LogP contribution in [0.3, 0.4) is 0 Å². The molecule has 7 heteroatoms. The molecule has 0 fully saturated rings. The van der Waals surface area contributed by atoms with Gasteiger partial charge in [0.1, 0.15) is 11.5 Å². The molecule has 2 rings (SSSR count). The highest BCUT2D eigenvalue weighted by Gasteiger charge is 2.11. The van der Waals surface area contributed by atoms with Crippen molar-refractivity contribution in [1.29, 1.82) is 0 Å². The second-order valence-corrected chi connectivity index (χ2v) is 5.64. The van der Waals surface area contributed by atoms with Crippen LogP contribution in [0.15, 0.2) is 34.1 Å². The first-order chi connectivity index (χ1) is 9.60. The van der Waals surface area contributed by atoms with E-state index in [1.807, 2.05) is 11.4 Å². The fourth-order valence-electron chi connectivity index (χ4n) is 1.60. The Balaban J connectivity index is 2.17. The minimum Gasteiger partial charge on any atom is -0.497 e. The SMILES string of the molecule is COc1ccc(OC(F)F)c(NCc2sccc2Br)c1. The van der Waals surface area contributed by atoms with Crippen LogP contribution in [0.1, 0.15) is 4.88 Å².